The van der Waals surface area contributed by atoms with Crippen molar-refractivity contribution < 1.29 is 36.6 Å². The molecule has 2 aromatic rings. The molecule has 0 atom stereocenters. The van der Waals surface area contributed by atoms with E-state index in [2.05, 4.69) is 9.47 Å². The largest absolute Gasteiger partial charge is 0.465 e. The molecule has 0 aliphatic heterocycles. The average Bonchev–Trinajstić information content (AvgIpc) is 2.56. The Hall–Kier alpha value is -3.10. The second-order valence-electron chi connectivity index (χ2n) is 4.70. The van der Waals surface area contributed by atoms with E-state index in [4.69, 9.17) is 0 Å². The third-order valence-electron chi connectivity index (χ3n) is 3.11. The number of ether oxygens (including phenoxy) is 2. The maximum atomic E-state index is 13.4. The predicted octanol–water partition coefficient (Wildman–Crippen LogP) is 3.78. The van der Waals surface area contributed by atoms with Gasteiger partial charge >= 0.3 is 12.1 Å². The molecular formula is C16H11F4NO4. The minimum Gasteiger partial charge on any atom is -0.465 e. The van der Waals surface area contributed by atoms with E-state index in [1.165, 1.54) is 0 Å². The molecule has 0 bridgehead atoms. The zero-order valence-corrected chi connectivity index (χ0v) is 12.7. The summed E-state index contributed by atoms with van der Waals surface area (Å²) in [6.45, 7) is -0.748. The molecule has 9 heteroatoms. The van der Waals surface area contributed by atoms with Gasteiger partial charge in [-0.05, 0) is 18.2 Å². The van der Waals surface area contributed by atoms with Crippen LogP contribution in [0.3, 0.4) is 0 Å². The predicted molar refractivity (Wildman–Crippen MR) is 77.9 cm³/mol. The summed E-state index contributed by atoms with van der Waals surface area (Å²) in [6, 6.07) is 4.17. The lowest BCUT2D eigenvalue weighted by Gasteiger charge is -2.11. The van der Waals surface area contributed by atoms with E-state index < -0.39 is 58.8 Å². The third kappa shape index (κ3) is 4.25. The lowest BCUT2D eigenvalue weighted by Crippen LogP contribution is -2.18. The maximum Gasteiger partial charge on any atom is 0.411 e. The summed E-state index contributed by atoms with van der Waals surface area (Å²) in [7, 11) is 1.01. The molecule has 0 radical (unpaired) electrons. The van der Waals surface area contributed by atoms with E-state index in [-0.39, 0.29) is 0 Å². The second kappa shape index (κ2) is 7.65. The number of halogens is 4. The molecule has 0 heterocycles. The van der Waals surface area contributed by atoms with Gasteiger partial charge in [0.1, 0.15) is 18.2 Å². The van der Waals surface area contributed by atoms with Crippen molar-refractivity contribution in [1.82, 2.24) is 0 Å². The van der Waals surface area contributed by atoms with Gasteiger partial charge in [0.25, 0.3) is 0 Å². The molecule has 0 unspecified atom stereocenters. The molecule has 1 N–H and O–H groups in total. The molecule has 0 aromatic heterocycles. The molecule has 0 aliphatic carbocycles. The van der Waals surface area contributed by atoms with Crippen molar-refractivity contribution in [2.24, 2.45) is 0 Å². The van der Waals surface area contributed by atoms with Gasteiger partial charge in [-0.2, -0.15) is 0 Å². The number of rotatable bonds is 4. The van der Waals surface area contributed by atoms with Gasteiger partial charge in [0.05, 0.1) is 23.9 Å². The molecule has 132 valence electrons. The number of hydrogen-bond acceptors (Lipinski definition) is 4. The van der Waals surface area contributed by atoms with E-state index in [9.17, 15) is 27.2 Å². The van der Waals surface area contributed by atoms with Crippen molar-refractivity contribution in [1.29, 1.82) is 0 Å². The first kappa shape index (κ1) is 18.2. The molecular weight excluding hydrogens is 346 g/mol. The number of anilines is 1. The summed E-state index contributed by atoms with van der Waals surface area (Å²) in [6.07, 6.45) is -1.24. The Morgan fingerprint density at radius 3 is 2.20 bits per heavy atom. The van der Waals surface area contributed by atoms with Gasteiger partial charge in [0.2, 0.25) is 0 Å². The molecule has 0 aliphatic rings. The zero-order chi connectivity index (χ0) is 18.6. The van der Waals surface area contributed by atoms with Crippen LogP contribution in [0.2, 0.25) is 0 Å². The van der Waals surface area contributed by atoms with Crippen LogP contribution in [0.1, 0.15) is 15.9 Å². The average molecular weight is 357 g/mol. The van der Waals surface area contributed by atoms with E-state index in [1.54, 1.807) is 0 Å². The van der Waals surface area contributed by atoms with Crippen LogP contribution in [0.5, 0.6) is 0 Å². The lowest BCUT2D eigenvalue weighted by molar-refractivity contribution is 0.0601. The van der Waals surface area contributed by atoms with Crippen molar-refractivity contribution in [2.45, 2.75) is 6.61 Å². The summed E-state index contributed by atoms with van der Waals surface area (Å²) in [4.78, 5) is 23.3. The van der Waals surface area contributed by atoms with Gasteiger partial charge in [-0.15, -0.1) is 0 Å². The van der Waals surface area contributed by atoms with Crippen molar-refractivity contribution in [3.8, 4) is 0 Å². The smallest absolute Gasteiger partial charge is 0.411 e. The number of nitrogens with one attached hydrogen (secondary N) is 1. The molecule has 1 amide bonds. The number of carbonyl (C=O) groups is 2. The van der Waals surface area contributed by atoms with Crippen LogP contribution in [-0.4, -0.2) is 19.2 Å². The third-order valence-corrected chi connectivity index (χ3v) is 3.11. The molecule has 0 saturated heterocycles. The normalized spacial score (nSPS) is 10.3. The van der Waals surface area contributed by atoms with Gasteiger partial charge in [-0.3, -0.25) is 5.32 Å². The van der Waals surface area contributed by atoms with Gasteiger partial charge in [-0.1, -0.05) is 6.07 Å². The summed E-state index contributed by atoms with van der Waals surface area (Å²) in [5, 5.41) is 1.99. The van der Waals surface area contributed by atoms with Gasteiger partial charge in [-0.25, -0.2) is 27.2 Å². The summed E-state index contributed by atoms with van der Waals surface area (Å²) in [5.41, 5.74) is -1.38. The first-order valence-electron chi connectivity index (χ1n) is 6.77. The fourth-order valence-corrected chi connectivity index (χ4v) is 1.88. The summed E-state index contributed by atoms with van der Waals surface area (Å²) >= 11 is 0. The number of hydrogen-bond donors (Lipinski definition) is 1. The van der Waals surface area contributed by atoms with Gasteiger partial charge in [0, 0.05) is 6.07 Å². The van der Waals surface area contributed by atoms with E-state index >= 15 is 0 Å². The summed E-state index contributed by atoms with van der Waals surface area (Å²) < 4.78 is 62.5. The zero-order valence-electron chi connectivity index (χ0n) is 12.7. The van der Waals surface area contributed by atoms with Crippen LogP contribution in [0, 0.1) is 23.3 Å². The Balaban J connectivity index is 2.15. The number of amides is 1. The van der Waals surface area contributed by atoms with Crippen molar-refractivity contribution in [3.63, 3.8) is 0 Å². The van der Waals surface area contributed by atoms with Crippen LogP contribution in [-0.2, 0) is 16.1 Å². The van der Waals surface area contributed by atoms with Crippen LogP contribution >= 0.6 is 0 Å². The Labute approximate surface area is 139 Å². The first-order valence-corrected chi connectivity index (χ1v) is 6.77. The molecule has 2 aromatic carbocycles. The number of benzene rings is 2. The van der Waals surface area contributed by atoms with Crippen molar-refractivity contribution in [3.05, 3.63) is 64.7 Å². The number of carbonyl (C=O) groups excluding carboxylic acids is 2. The van der Waals surface area contributed by atoms with Crippen LogP contribution in [0.15, 0.2) is 30.3 Å². The SMILES string of the molecule is COC(=O)c1cc(F)c(F)cc1NC(=O)OCc1c(F)cccc1F. The van der Waals surface area contributed by atoms with Crippen molar-refractivity contribution >= 4 is 17.7 Å². The van der Waals surface area contributed by atoms with E-state index in [1.807, 2.05) is 5.32 Å². The van der Waals surface area contributed by atoms with Crippen LogP contribution in [0.4, 0.5) is 28.0 Å². The number of esters is 1. The Morgan fingerprint density at radius 2 is 1.60 bits per heavy atom. The fraction of sp³-hybridized carbons (Fsp3) is 0.125. The first-order chi connectivity index (χ1) is 11.8. The standard InChI is InChI=1S/C16H11F4NO4/c1-24-15(22)8-5-12(19)13(20)6-14(8)21-16(23)25-7-9-10(17)3-2-4-11(9)18/h2-6H,7H2,1H3,(H,21,23). The minimum absolute atomic E-state index is 0.426. The van der Waals surface area contributed by atoms with Gasteiger partial charge < -0.3 is 9.47 Å². The van der Waals surface area contributed by atoms with Crippen LogP contribution < -0.4 is 5.32 Å². The van der Waals surface area contributed by atoms with E-state index in [0.29, 0.717) is 12.1 Å². The highest BCUT2D eigenvalue weighted by molar-refractivity contribution is 5.99. The highest BCUT2D eigenvalue weighted by Crippen LogP contribution is 2.21. The minimum atomic E-state index is -1.33. The fourth-order valence-electron chi connectivity index (χ4n) is 1.88. The van der Waals surface area contributed by atoms with E-state index in [0.717, 1.165) is 25.3 Å². The highest BCUT2D eigenvalue weighted by atomic mass is 19.2. The molecule has 0 fully saturated rings. The quantitative estimate of drug-likeness (QED) is 0.668. The highest BCUT2D eigenvalue weighted by Gasteiger charge is 2.19. The Morgan fingerprint density at radius 1 is 1.00 bits per heavy atom. The van der Waals surface area contributed by atoms with Crippen molar-refractivity contribution in [2.75, 3.05) is 12.4 Å². The second-order valence-corrected chi connectivity index (χ2v) is 4.70. The molecule has 2 rings (SSSR count). The number of methoxy groups -OCH3 is 1. The lowest BCUT2D eigenvalue weighted by atomic mass is 10.1. The molecule has 0 saturated carbocycles. The monoisotopic (exact) mass is 357 g/mol. The molecule has 25 heavy (non-hydrogen) atoms. The Kier molecular flexibility index (Phi) is 5.58. The molecule has 0 spiro atoms. The van der Waals surface area contributed by atoms with Gasteiger partial charge in [0.15, 0.2) is 11.6 Å². The molecule has 5 nitrogen and oxygen atoms in total. The summed E-state index contributed by atoms with van der Waals surface area (Å²) in [5.74, 6) is -5.53. The van der Waals surface area contributed by atoms with Crippen LogP contribution in [0.25, 0.3) is 0 Å². The maximum absolute atomic E-state index is 13.4. The Bertz CT molecular complexity index is 806. The topological polar surface area (TPSA) is 64.6 Å².